The number of thiophene rings is 1. The minimum Gasteiger partial charge on any atom is -0.361 e. The number of para-hydroxylation sites is 1. The lowest BCUT2D eigenvalue weighted by atomic mass is 10.0. The summed E-state index contributed by atoms with van der Waals surface area (Å²) in [5, 5.41) is 6.31. The number of hydrogen-bond acceptors (Lipinski definition) is 2. The molecular weight excluding hydrogens is 371 g/mol. The zero-order valence-corrected chi connectivity index (χ0v) is 16.1. The topological polar surface area (TPSA) is 44.9 Å². The van der Waals surface area contributed by atoms with Gasteiger partial charge in [-0.25, -0.2) is 4.39 Å². The van der Waals surface area contributed by atoms with Crippen LogP contribution in [-0.2, 0) is 11.2 Å². The molecule has 2 heterocycles. The second-order valence-corrected chi connectivity index (χ2v) is 7.76. The van der Waals surface area contributed by atoms with Gasteiger partial charge in [0, 0.05) is 28.4 Å². The Labute approximate surface area is 167 Å². The normalized spacial score (nSPS) is 12.2. The maximum atomic E-state index is 13.3. The van der Waals surface area contributed by atoms with Crippen LogP contribution in [-0.4, -0.2) is 10.9 Å². The molecule has 0 radical (unpaired) electrons. The zero-order valence-electron chi connectivity index (χ0n) is 15.3. The number of benzene rings is 2. The van der Waals surface area contributed by atoms with E-state index in [1.807, 2.05) is 35.8 Å². The number of carbonyl (C=O) groups is 1. The van der Waals surface area contributed by atoms with Crippen LogP contribution < -0.4 is 5.32 Å². The van der Waals surface area contributed by atoms with Crippen LogP contribution in [0.5, 0.6) is 0 Å². The van der Waals surface area contributed by atoms with Crippen molar-refractivity contribution in [3.05, 3.63) is 94.1 Å². The van der Waals surface area contributed by atoms with Crippen LogP contribution in [0.4, 0.5) is 4.39 Å². The number of amides is 1. The Hall–Kier alpha value is -2.92. The lowest BCUT2D eigenvalue weighted by molar-refractivity contribution is -0.121. The molecule has 142 valence electrons. The molecule has 0 fully saturated rings. The highest BCUT2D eigenvalue weighted by Crippen LogP contribution is 2.26. The first-order valence-corrected chi connectivity index (χ1v) is 10.2. The Morgan fingerprint density at radius 3 is 2.68 bits per heavy atom. The van der Waals surface area contributed by atoms with Gasteiger partial charge < -0.3 is 10.3 Å². The fourth-order valence-corrected chi connectivity index (χ4v) is 4.24. The summed E-state index contributed by atoms with van der Waals surface area (Å²) in [5.41, 5.74) is 3.24. The Balaban J connectivity index is 1.40. The van der Waals surface area contributed by atoms with E-state index in [4.69, 9.17) is 0 Å². The van der Waals surface area contributed by atoms with E-state index in [2.05, 4.69) is 22.4 Å². The highest BCUT2D eigenvalue weighted by atomic mass is 32.1. The summed E-state index contributed by atoms with van der Waals surface area (Å²) in [6.07, 6.45) is 4.09. The number of fused-ring (bicyclic) bond motifs is 1. The van der Waals surface area contributed by atoms with Crippen LogP contribution in [0.3, 0.4) is 0 Å². The Morgan fingerprint density at radius 1 is 1.07 bits per heavy atom. The summed E-state index contributed by atoms with van der Waals surface area (Å²) in [4.78, 5) is 16.9. The average Bonchev–Trinajstić information content (AvgIpc) is 3.37. The minimum absolute atomic E-state index is 0.00238. The van der Waals surface area contributed by atoms with Gasteiger partial charge in [0.25, 0.3) is 0 Å². The maximum absolute atomic E-state index is 13.3. The third kappa shape index (κ3) is 4.15. The molecule has 2 aromatic carbocycles. The molecule has 0 aliphatic rings. The molecule has 0 saturated carbocycles. The van der Waals surface area contributed by atoms with Crippen molar-refractivity contribution in [2.24, 2.45) is 0 Å². The average molecular weight is 392 g/mol. The van der Waals surface area contributed by atoms with Crippen LogP contribution in [0.2, 0.25) is 0 Å². The predicted molar refractivity (Wildman–Crippen MR) is 112 cm³/mol. The number of aromatic amines is 1. The van der Waals surface area contributed by atoms with Crippen molar-refractivity contribution in [3.63, 3.8) is 0 Å². The third-order valence-electron chi connectivity index (χ3n) is 4.86. The summed E-state index contributed by atoms with van der Waals surface area (Å²) in [7, 11) is 0. The number of H-pyrrole nitrogens is 1. The molecule has 1 atom stereocenters. The number of aryl methyl sites for hydroxylation is 1. The van der Waals surface area contributed by atoms with Crippen LogP contribution in [0.15, 0.2) is 72.2 Å². The number of hydrogen-bond donors (Lipinski definition) is 2. The molecular formula is C23H21FN2OS. The van der Waals surface area contributed by atoms with Gasteiger partial charge in [0.05, 0.1) is 6.04 Å². The van der Waals surface area contributed by atoms with Crippen LogP contribution in [0, 0.1) is 5.82 Å². The molecule has 4 aromatic rings. The van der Waals surface area contributed by atoms with Gasteiger partial charge in [-0.2, -0.15) is 0 Å². The predicted octanol–water partition coefficient (Wildman–Crippen LogP) is 5.60. The third-order valence-corrected chi connectivity index (χ3v) is 5.80. The first-order chi connectivity index (χ1) is 13.7. The summed E-state index contributed by atoms with van der Waals surface area (Å²) >= 11 is 1.58. The van der Waals surface area contributed by atoms with Crippen molar-refractivity contribution in [1.82, 2.24) is 10.3 Å². The molecule has 0 saturated heterocycles. The molecule has 4 rings (SSSR count). The van der Waals surface area contributed by atoms with Crippen molar-refractivity contribution in [1.29, 1.82) is 0 Å². The monoisotopic (exact) mass is 392 g/mol. The van der Waals surface area contributed by atoms with Gasteiger partial charge in [-0.3, -0.25) is 4.79 Å². The van der Waals surface area contributed by atoms with E-state index in [1.165, 1.54) is 23.1 Å². The molecule has 0 aliphatic carbocycles. The van der Waals surface area contributed by atoms with Crippen molar-refractivity contribution < 1.29 is 9.18 Å². The van der Waals surface area contributed by atoms with Gasteiger partial charge in [-0.05, 0) is 53.6 Å². The Bertz CT molecular complexity index is 1050. The summed E-state index contributed by atoms with van der Waals surface area (Å²) in [5.74, 6) is -0.277. The molecule has 2 aromatic heterocycles. The summed E-state index contributed by atoms with van der Waals surface area (Å²) in [6, 6.07) is 18.2. The molecule has 2 N–H and O–H groups in total. The Morgan fingerprint density at radius 2 is 1.89 bits per heavy atom. The summed E-state index contributed by atoms with van der Waals surface area (Å²) in [6.45, 7) is 0. The van der Waals surface area contributed by atoms with Crippen LogP contribution in [0.25, 0.3) is 10.9 Å². The number of nitrogens with one attached hydrogen (secondary N) is 2. The summed E-state index contributed by atoms with van der Waals surface area (Å²) < 4.78 is 13.3. The van der Waals surface area contributed by atoms with E-state index >= 15 is 0 Å². The van der Waals surface area contributed by atoms with E-state index in [-0.39, 0.29) is 17.8 Å². The van der Waals surface area contributed by atoms with Crippen molar-refractivity contribution in [3.8, 4) is 0 Å². The van der Waals surface area contributed by atoms with Crippen molar-refractivity contribution >= 4 is 28.1 Å². The van der Waals surface area contributed by atoms with Gasteiger partial charge in [0.2, 0.25) is 5.91 Å². The van der Waals surface area contributed by atoms with Crippen LogP contribution >= 0.6 is 11.3 Å². The minimum atomic E-state index is -0.279. The highest BCUT2D eigenvalue weighted by molar-refractivity contribution is 7.10. The first kappa shape index (κ1) is 18.4. The lowest BCUT2D eigenvalue weighted by Gasteiger charge is -2.18. The molecule has 0 spiro atoms. The fraction of sp³-hybridized carbons (Fsp3) is 0.174. The van der Waals surface area contributed by atoms with Gasteiger partial charge in [0.1, 0.15) is 5.82 Å². The van der Waals surface area contributed by atoms with Gasteiger partial charge in [-0.1, -0.05) is 36.4 Å². The van der Waals surface area contributed by atoms with Gasteiger partial charge in [-0.15, -0.1) is 11.3 Å². The van der Waals surface area contributed by atoms with Gasteiger partial charge >= 0.3 is 0 Å². The van der Waals surface area contributed by atoms with Crippen molar-refractivity contribution in [2.75, 3.05) is 0 Å². The maximum Gasteiger partial charge on any atom is 0.220 e. The molecule has 0 aliphatic heterocycles. The number of carbonyl (C=O) groups excluding carboxylic acids is 1. The van der Waals surface area contributed by atoms with Gasteiger partial charge in [0.15, 0.2) is 0 Å². The number of aromatic nitrogens is 1. The molecule has 3 nitrogen and oxygen atoms in total. The first-order valence-electron chi connectivity index (χ1n) is 9.34. The van der Waals surface area contributed by atoms with Crippen molar-refractivity contribution in [2.45, 2.75) is 25.3 Å². The highest BCUT2D eigenvalue weighted by Gasteiger charge is 2.18. The van der Waals surface area contributed by atoms with Crippen LogP contribution in [0.1, 0.15) is 34.9 Å². The number of rotatable bonds is 7. The second kappa shape index (κ2) is 8.40. The fourth-order valence-electron chi connectivity index (χ4n) is 3.44. The van der Waals surface area contributed by atoms with E-state index in [0.717, 1.165) is 28.8 Å². The quantitative estimate of drug-likeness (QED) is 0.423. The Kier molecular flexibility index (Phi) is 5.53. The standard InChI is InChI=1S/C23H21FN2OS/c24-18-12-10-16(11-13-18)23(21-8-4-14-28-21)26-22(27)9-3-5-17-15-25-20-7-2-1-6-19(17)20/h1-2,4,6-8,10-15,23,25H,3,5,9H2,(H,26,27). The molecule has 1 unspecified atom stereocenters. The number of halogens is 1. The molecule has 28 heavy (non-hydrogen) atoms. The lowest BCUT2D eigenvalue weighted by Crippen LogP contribution is -2.28. The van der Waals surface area contributed by atoms with E-state index in [9.17, 15) is 9.18 Å². The largest absolute Gasteiger partial charge is 0.361 e. The molecule has 1 amide bonds. The SMILES string of the molecule is O=C(CCCc1c[nH]c2ccccc12)NC(c1ccc(F)cc1)c1cccs1. The smallest absolute Gasteiger partial charge is 0.220 e. The van der Waals surface area contributed by atoms with E-state index in [1.54, 1.807) is 23.5 Å². The van der Waals surface area contributed by atoms with E-state index in [0.29, 0.717) is 6.42 Å². The zero-order chi connectivity index (χ0) is 19.3. The second-order valence-electron chi connectivity index (χ2n) is 6.78. The molecule has 5 heteroatoms. The van der Waals surface area contributed by atoms with E-state index < -0.39 is 0 Å². The molecule has 0 bridgehead atoms.